The van der Waals surface area contributed by atoms with Crippen LogP contribution in [0.1, 0.15) is 36.5 Å². The standard InChI is InChI=1S/C25H22O10/c1-32-17-6-11(2-4-14(17)28)24-20(10-26)33-16-5-3-12(7-18(16)34-24)25-23(31)22(30)21-15(29)8-13(27)9-19(21)35-25/h2-9,20,23-29,31H,10H2,1H3/p+2/t20-,23+,24-,25-/m1/s1. The van der Waals surface area contributed by atoms with Crippen molar-refractivity contribution in [3.05, 3.63) is 65.2 Å². The van der Waals surface area contributed by atoms with E-state index < -0.39 is 35.9 Å². The molecule has 2 heterocycles. The summed E-state index contributed by atoms with van der Waals surface area (Å²) in [6.07, 6.45) is -4.28. The van der Waals surface area contributed by atoms with Crippen LogP contribution in [-0.4, -0.2) is 57.2 Å². The molecule has 5 rings (SSSR count). The van der Waals surface area contributed by atoms with Crippen molar-refractivity contribution < 1.29 is 52.1 Å². The first-order valence-corrected chi connectivity index (χ1v) is 10.7. The molecular weight excluding hydrogens is 460 g/mol. The summed E-state index contributed by atoms with van der Waals surface area (Å²) in [7, 11) is 1.41. The second-order valence-corrected chi connectivity index (χ2v) is 8.20. The van der Waals surface area contributed by atoms with Gasteiger partial charge in [-0.15, -0.1) is 0 Å². The van der Waals surface area contributed by atoms with Gasteiger partial charge in [-0.2, -0.15) is 0 Å². The van der Waals surface area contributed by atoms with E-state index in [1.54, 1.807) is 30.3 Å². The Hall–Kier alpha value is -4.15. The van der Waals surface area contributed by atoms with E-state index >= 15 is 0 Å². The number of phenols is 3. The summed E-state index contributed by atoms with van der Waals surface area (Å²) in [5, 5.41) is 50.2. The summed E-state index contributed by atoms with van der Waals surface area (Å²) < 4.78 is 23.0. The highest BCUT2D eigenvalue weighted by molar-refractivity contribution is 6.05. The molecule has 0 spiro atoms. The maximum absolute atomic E-state index is 12.7. The number of rotatable bonds is 4. The number of aliphatic hydroxyl groups is 2. The van der Waals surface area contributed by atoms with Crippen molar-refractivity contribution in [1.82, 2.24) is 0 Å². The number of ketones is 1. The first-order chi connectivity index (χ1) is 16.8. The fourth-order valence-electron chi connectivity index (χ4n) is 4.28. The molecule has 10 heteroatoms. The van der Waals surface area contributed by atoms with Crippen molar-refractivity contribution in [1.29, 1.82) is 0 Å². The Morgan fingerprint density at radius 1 is 0.857 bits per heavy atom. The molecule has 3 aromatic carbocycles. The van der Waals surface area contributed by atoms with Gasteiger partial charge in [-0.3, -0.25) is 4.79 Å². The SMILES string of the molecule is COc1cc([C@H]2Oc3cc([C@H]4Oc5cc(O)cc(O)c5C(=O)[C@@H]4O)ccc3O[C@@H]2CO)ccc1O.[H+].[H+]. The lowest BCUT2D eigenvalue weighted by atomic mass is 9.92. The Bertz CT molecular complexity index is 1310. The molecular formula is C25H24O10+2. The van der Waals surface area contributed by atoms with Crippen molar-refractivity contribution >= 4 is 5.78 Å². The lowest BCUT2D eigenvalue weighted by Crippen LogP contribution is -2.37. The molecule has 5 N–H and O–H groups in total. The van der Waals surface area contributed by atoms with E-state index in [1.807, 2.05) is 0 Å². The molecule has 0 aliphatic carbocycles. The van der Waals surface area contributed by atoms with Crippen LogP contribution < -0.4 is 18.9 Å². The zero-order valence-corrected chi connectivity index (χ0v) is 18.4. The molecule has 4 atom stereocenters. The number of hydrogen-bond donors (Lipinski definition) is 5. The molecule has 0 saturated carbocycles. The fourth-order valence-corrected chi connectivity index (χ4v) is 4.28. The Morgan fingerprint density at radius 2 is 1.57 bits per heavy atom. The zero-order chi connectivity index (χ0) is 24.9. The molecule has 3 aromatic rings. The van der Waals surface area contributed by atoms with Crippen molar-refractivity contribution in [3.8, 4) is 40.2 Å². The highest BCUT2D eigenvalue weighted by Crippen LogP contribution is 2.45. The average Bonchev–Trinajstić information content (AvgIpc) is 2.85. The third-order valence-electron chi connectivity index (χ3n) is 6.00. The van der Waals surface area contributed by atoms with E-state index in [2.05, 4.69) is 0 Å². The second kappa shape index (κ2) is 8.57. The van der Waals surface area contributed by atoms with Gasteiger partial charge in [0.1, 0.15) is 22.8 Å². The number of carbonyl (C=O) groups excluding carboxylic acids is 1. The van der Waals surface area contributed by atoms with Gasteiger partial charge in [0.15, 0.2) is 47.4 Å². The molecule has 0 bridgehead atoms. The third kappa shape index (κ3) is 3.82. The normalized spacial score (nSPS) is 22.8. The lowest BCUT2D eigenvalue weighted by molar-refractivity contribution is -0.0130. The van der Waals surface area contributed by atoms with E-state index in [1.165, 1.54) is 19.2 Å². The summed E-state index contributed by atoms with van der Waals surface area (Å²) >= 11 is 0. The highest BCUT2D eigenvalue weighted by Gasteiger charge is 2.40. The van der Waals surface area contributed by atoms with Crippen LogP contribution in [0, 0.1) is 0 Å². The van der Waals surface area contributed by atoms with Crippen molar-refractivity contribution in [2.45, 2.75) is 24.4 Å². The van der Waals surface area contributed by atoms with Gasteiger partial charge >= 0.3 is 2.85 Å². The maximum atomic E-state index is 12.7. The van der Waals surface area contributed by atoms with E-state index in [9.17, 15) is 30.3 Å². The Balaban J connectivity index is 0.00000190. The summed E-state index contributed by atoms with van der Waals surface area (Å²) in [5.74, 6) is -0.823. The summed E-state index contributed by atoms with van der Waals surface area (Å²) in [6.45, 7) is -0.349. The molecule has 182 valence electrons. The number of aromatic hydroxyl groups is 3. The number of phenolic OH excluding ortho intramolecular Hbond substituents is 3. The molecule has 35 heavy (non-hydrogen) atoms. The number of ether oxygens (including phenoxy) is 4. The number of methoxy groups -OCH3 is 1. The molecule has 2 aliphatic rings. The minimum Gasteiger partial charge on any atom is -0.508 e. The van der Waals surface area contributed by atoms with Crippen LogP contribution in [0.15, 0.2) is 48.5 Å². The van der Waals surface area contributed by atoms with Gasteiger partial charge in [-0.05, 0) is 29.8 Å². The van der Waals surface area contributed by atoms with Crippen LogP contribution in [0.25, 0.3) is 0 Å². The number of Topliss-reactive ketones (excluding diaryl/α,β-unsaturated/α-hetero) is 1. The van der Waals surface area contributed by atoms with Crippen LogP contribution in [0.4, 0.5) is 0 Å². The van der Waals surface area contributed by atoms with Gasteiger partial charge in [-0.25, -0.2) is 0 Å². The van der Waals surface area contributed by atoms with Gasteiger partial charge in [0.05, 0.1) is 13.7 Å². The molecule has 0 amide bonds. The van der Waals surface area contributed by atoms with Gasteiger partial charge in [0.25, 0.3) is 0 Å². The van der Waals surface area contributed by atoms with Crippen LogP contribution in [0.2, 0.25) is 0 Å². The molecule has 0 unspecified atom stereocenters. The minimum atomic E-state index is -1.62. The molecule has 0 fully saturated rings. The topological polar surface area (TPSA) is 155 Å². The molecule has 0 aromatic heterocycles. The van der Waals surface area contributed by atoms with Gasteiger partial charge in [0.2, 0.25) is 5.78 Å². The number of aliphatic hydroxyl groups excluding tert-OH is 2. The third-order valence-corrected chi connectivity index (χ3v) is 6.00. The van der Waals surface area contributed by atoms with Crippen LogP contribution in [0.3, 0.4) is 0 Å². The Labute approximate surface area is 202 Å². The summed E-state index contributed by atoms with van der Waals surface area (Å²) in [6, 6.07) is 11.5. The van der Waals surface area contributed by atoms with Crippen LogP contribution >= 0.6 is 0 Å². The first kappa shape index (κ1) is 22.6. The smallest absolute Gasteiger partial charge is 0.508 e. The van der Waals surface area contributed by atoms with Gasteiger partial charge in [0, 0.05) is 17.7 Å². The van der Waals surface area contributed by atoms with Crippen molar-refractivity contribution in [2.75, 3.05) is 13.7 Å². The number of fused-ring (bicyclic) bond motifs is 2. The fraction of sp³-hybridized carbons (Fsp3) is 0.240. The lowest BCUT2D eigenvalue weighted by Gasteiger charge is -2.35. The number of hydrogen-bond acceptors (Lipinski definition) is 10. The highest BCUT2D eigenvalue weighted by atomic mass is 16.6. The summed E-state index contributed by atoms with van der Waals surface area (Å²) in [4.78, 5) is 12.7. The maximum Gasteiger partial charge on any atom is 1.00 e. The number of carbonyl (C=O) groups is 1. The van der Waals surface area contributed by atoms with Crippen LogP contribution in [-0.2, 0) is 0 Å². The molecule has 0 saturated heterocycles. The van der Waals surface area contributed by atoms with Gasteiger partial charge in [-0.1, -0.05) is 12.1 Å². The van der Waals surface area contributed by atoms with Gasteiger partial charge < -0.3 is 44.5 Å². The number of benzene rings is 3. The van der Waals surface area contributed by atoms with E-state index in [0.29, 0.717) is 16.9 Å². The zero-order valence-electron chi connectivity index (χ0n) is 20.4. The Kier molecular flexibility index (Phi) is 5.54. The minimum absolute atomic E-state index is 0. The first-order valence-electron chi connectivity index (χ1n) is 10.7. The molecule has 10 nitrogen and oxygen atoms in total. The second-order valence-electron chi connectivity index (χ2n) is 8.20. The quantitative estimate of drug-likeness (QED) is 0.373. The summed E-state index contributed by atoms with van der Waals surface area (Å²) in [5.41, 5.74) is 0.751. The van der Waals surface area contributed by atoms with E-state index in [0.717, 1.165) is 6.07 Å². The Morgan fingerprint density at radius 3 is 2.31 bits per heavy atom. The predicted molar refractivity (Wildman–Crippen MR) is 122 cm³/mol. The average molecular weight is 484 g/mol. The molecule has 0 radical (unpaired) electrons. The van der Waals surface area contributed by atoms with Crippen molar-refractivity contribution in [2.24, 2.45) is 0 Å². The molecule has 2 aliphatic heterocycles. The largest absolute Gasteiger partial charge is 1.00 e. The van der Waals surface area contributed by atoms with E-state index in [-0.39, 0.29) is 43.8 Å². The van der Waals surface area contributed by atoms with Crippen molar-refractivity contribution in [3.63, 3.8) is 0 Å². The predicted octanol–water partition coefficient (Wildman–Crippen LogP) is 2.59. The van der Waals surface area contributed by atoms with Crippen LogP contribution in [0.5, 0.6) is 40.2 Å². The monoisotopic (exact) mass is 484 g/mol. The van der Waals surface area contributed by atoms with E-state index in [4.69, 9.17) is 18.9 Å².